The predicted octanol–water partition coefficient (Wildman–Crippen LogP) is 0.0501. The molecule has 1 rings (SSSR count). The minimum absolute atomic E-state index is 0.238. The van der Waals surface area contributed by atoms with E-state index >= 15 is 0 Å². The monoisotopic (exact) mass is 268 g/mol. The largest absolute Gasteiger partial charge is 0.479 e. The summed E-state index contributed by atoms with van der Waals surface area (Å²) in [4.78, 5) is 22.8. The van der Waals surface area contributed by atoms with Crippen LogP contribution in [0, 0.1) is 0 Å². The Morgan fingerprint density at radius 3 is 2.63 bits per heavy atom. The third-order valence-electron chi connectivity index (χ3n) is 2.52. The first-order valence-corrected chi connectivity index (χ1v) is 6.14. The van der Waals surface area contributed by atoms with Crippen molar-refractivity contribution in [1.82, 2.24) is 20.4 Å². The summed E-state index contributed by atoms with van der Waals surface area (Å²) in [5.41, 5.74) is 0.458. The van der Waals surface area contributed by atoms with Crippen LogP contribution >= 0.6 is 0 Å². The summed E-state index contributed by atoms with van der Waals surface area (Å²) in [5.74, 6) is -1.40. The first-order chi connectivity index (χ1) is 8.90. The molecule has 0 saturated carbocycles. The fraction of sp³-hybridized carbons (Fsp3) is 0.583. The number of nitrogens with one attached hydrogen (secondary N) is 2. The Kier molecular flexibility index (Phi) is 5.50. The minimum atomic E-state index is -1.10. The summed E-state index contributed by atoms with van der Waals surface area (Å²) in [6.07, 6.45) is 3.25. The number of carbonyl (C=O) groups excluding carboxylic acids is 1. The number of hydrogen-bond donors (Lipinski definition) is 3. The molecule has 3 N–H and O–H groups in total. The fourth-order valence-corrected chi connectivity index (χ4v) is 1.58. The molecule has 0 saturated heterocycles. The number of rotatable bonds is 7. The molecule has 1 aromatic rings. The predicted molar refractivity (Wildman–Crippen MR) is 69.5 cm³/mol. The molecular weight excluding hydrogens is 248 g/mol. The molecule has 0 aliphatic heterocycles. The molecule has 106 valence electrons. The summed E-state index contributed by atoms with van der Waals surface area (Å²) in [6.45, 7) is 4.48. The van der Waals surface area contributed by atoms with Crippen molar-refractivity contribution in [2.45, 2.75) is 32.4 Å². The van der Waals surface area contributed by atoms with Crippen LogP contribution in [0.3, 0.4) is 0 Å². The molecule has 0 fully saturated rings. The molecular formula is C12H20N4O3. The van der Waals surface area contributed by atoms with Crippen LogP contribution in [0.1, 0.15) is 31.9 Å². The van der Waals surface area contributed by atoms with Crippen LogP contribution < -0.4 is 10.6 Å². The summed E-state index contributed by atoms with van der Waals surface area (Å²) >= 11 is 0. The van der Waals surface area contributed by atoms with E-state index in [4.69, 9.17) is 5.11 Å². The topological polar surface area (TPSA) is 96.2 Å². The maximum absolute atomic E-state index is 11.7. The average molecular weight is 268 g/mol. The van der Waals surface area contributed by atoms with E-state index in [2.05, 4.69) is 15.7 Å². The molecule has 1 atom stereocenters. The van der Waals surface area contributed by atoms with Gasteiger partial charge in [0.15, 0.2) is 6.04 Å². The Bertz CT molecular complexity index is 442. The summed E-state index contributed by atoms with van der Waals surface area (Å²) < 4.78 is 1.50. The lowest BCUT2D eigenvalue weighted by Gasteiger charge is -2.13. The SMILES string of the molecule is CC(C)NCCC(=O)NC(C(=O)O)c1cnn(C)c1. The van der Waals surface area contributed by atoms with Gasteiger partial charge in [0, 0.05) is 37.8 Å². The molecule has 7 nitrogen and oxygen atoms in total. The summed E-state index contributed by atoms with van der Waals surface area (Å²) in [6, 6.07) is -0.762. The van der Waals surface area contributed by atoms with Gasteiger partial charge in [-0.3, -0.25) is 9.48 Å². The second-order valence-corrected chi connectivity index (χ2v) is 4.64. The van der Waals surface area contributed by atoms with Gasteiger partial charge in [0.25, 0.3) is 0 Å². The number of aromatic nitrogens is 2. The van der Waals surface area contributed by atoms with Gasteiger partial charge in [0.1, 0.15) is 0 Å². The van der Waals surface area contributed by atoms with Crippen LogP contribution in [0.2, 0.25) is 0 Å². The Morgan fingerprint density at radius 1 is 1.47 bits per heavy atom. The Morgan fingerprint density at radius 2 is 2.16 bits per heavy atom. The van der Waals surface area contributed by atoms with Gasteiger partial charge in [-0.15, -0.1) is 0 Å². The molecule has 0 spiro atoms. The van der Waals surface area contributed by atoms with Crippen molar-refractivity contribution in [1.29, 1.82) is 0 Å². The van der Waals surface area contributed by atoms with Crippen molar-refractivity contribution in [2.75, 3.05) is 6.54 Å². The third kappa shape index (κ3) is 5.09. The van der Waals surface area contributed by atoms with Gasteiger partial charge in [0.2, 0.25) is 5.91 Å². The summed E-state index contributed by atoms with van der Waals surface area (Å²) in [5, 5.41) is 18.6. The van der Waals surface area contributed by atoms with Crippen molar-refractivity contribution in [2.24, 2.45) is 7.05 Å². The van der Waals surface area contributed by atoms with Gasteiger partial charge < -0.3 is 15.7 Å². The van der Waals surface area contributed by atoms with Gasteiger partial charge in [-0.25, -0.2) is 4.79 Å². The van der Waals surface area contributed by atoms with E-state index in [-0.39, 0.29) is 12.3 Å². The molecule has 1 heterocycles. The highest BCUT2D eigenvalue weighted by Crippen LogP contribution is 2.11. The fourth-order valence-electron chi connectivity index (χ4n) is 1.58. The number of hydrogen-bond acceptors (Lipinski definition) is 4. The van der Waals surface area contributed by atoms with Crippen LogP contribution in [0.25, 0.3) is 0 Å². The van der Waals surface area contributed by atoms with E-state index in [1.807, 2.05) is 13.8 Å². The highest BCUT2D eigenvalue weighted by Gasteiger charge is 2.23. The van der Waals surface area contributed by atoms with Crippen molar-refractivity contribution in [3.8, 4) is 0 Å². The number of nitrogens with zero attached hydrogens (tertiary/aromatic N) is 2. The number of aryl methyl sites for hydroxylation is 1. The Balaban J connectivity index is 2.55. The maximum atomic E-state index is 11.7. The molecule has 1 unspecified atom stereocenters. The third-order valence-corrected chi connectivity index (χ3v) is 2.52. The van der Waals surface area contributed by atoms with Crippen molar-refractivity contribution in [3.05, 3.63) is 18.0 Å². The lowest BCUT2D eigenvalue weighted by Crippen LogP contribution is -2.36. The zero-order chi connectivity index (χ0) is 14.4. The van der Waals surface area contributed by atoms with E-state index in [1.54, 1.807) is 13.2 Å². The molecule has 0 radical (unpaired) electrons. The first kappa shape index (κ1) is 15.2. The smallest absolute Gasteiger partial charge is 0.331 e. The van der Waals surface area contributed by atoms with Crippen molar-refractivity contribution in [3.63, 3.8) is 0 Å². The van der Waals surface area contributed by atoms with Crippen molar-refractivity contribution >= 4 is 11.9 Å². The van der Waals surface area contributed by atoms with E-state index in [0.29, 0.717) is 18.2 Å². The normalized spacial score (nSPS) is 12.4. The van der Waals surface area contributed by atoms with Crippen LogP contribution in [0.4, 0.5) is 0 Å². The Labute approximate surface area is 112 Å². The molecule has 0 bridgehead atoms. The van der Waals surface area contributed by atoms with Gasteiger partial charge in [-0.1, -0.05) is 13.8 Å². The second-order valence-electron chi connectivity index (χ2n) is 4.64. The van der Waals surface area contributed by atoms with Crippen LogP contribution in [0.15, 0.2) is 12.4 Å². The molecule has 0 aliphatic carbocycles. The minimum Gasteiger partial charge on any atom is -0.479 e. The quantitative estimate of drug-likeness (QED) is 0.649. The van der Waals surface area contributed by atoms with E-state index in [9.17, 15) is 9.59 Å². The average Bonchev–Trinajstić information content (AvgIpc) is 2.71. The molecule has 19 heavy (non-hydrogen) atoms. The number of carboxylic acids is 1. The molecule has 0 aromatic carbocycles. The maximum Gasteiger partial charge on any atom is 0.331 e. The van der Waals surface area contributed by atoms with E-state index in [0.717, 1.165) is 0 Å². The van der Waals surface area contributed by atoms with Crippen LogP contribution in [-0.4, -0.2) is 39.4 Å². The van der Waals surface area contributed by atoms with Gasteiger partial charge in [0.05, 0.1) is 6.20 Å². The number of amides is 1. The van der Waals surface area contributed by atoms with E-state index in [1.165, 1.54) is 10.9 Å². The summed E-state index contributed by atoms with van der Waals surface area (Å²) in [7, 11) is 1.69. The van der Waals surface area contributed by atoms with Crippen LogP contribution in [-0.2, 0) is 16.6 Å². The standard InChI is InChI=1S/C12H20N4O3/c1-8(2)13-5-4-10(17)15-11(12(18)19)9-6-14-16(3)7-9/h6-8,11,13H,4-5H2,1-3H3,(H,15,17)(H,18,19). The first-order valence-electron chi connectivity index (χ1n) is 6.14. The molecule has 1 aromatic heterocycles. The highest BCUT2D eigenvalue weighted by atomic mass is 16.4. The lowest BCUT2D eigenvalue weighted by atomic mass is 10.1. The van der Waals surface area contributed by atoms with Gasteiger partial charge in [-0.05, 0) is 0 Å². The number of carboxylic acid groups (broad SMARTS) is 1. The zero-order valence-electron chi connectivity index (χ0n) is 11.4. The van der Waals surface area contributed by atoms with Gasteiger partial charge >= 0.3 is 5.97 Å². The molecule has 7 heteroatoms. The molecule has 0 aliphatic rings. The lowest BCUT2D eigenvalue weighted by molar-refractivity contribution is -0.142. The number of carbonyl (C=O) groups is 2. The van der Waals surface area contributed by atoms with Crippen LogP contribution in [0.5, 0.6) is 0 Å². The van der Waals surface area contributed by atoms with Crippen molar-refractivity contribution < 1.29 is 14.7 Å². The second kappa shape index (κ2) is 6.89. The Hall–Kier alpha value is -1.89. The van der Waals surface area contributed by atoms with E-state index < -0.39 is 12.0 Å². The molecule has 1 amide bonds. The van der Waals surface area contributed by atoms with Gasteiger partial charge in [-0.2, -0.15) is 5.10 Å². The number of aliphatic carboxylic acids is 1. The highest BCUT2D eigenvalue weighted by molar-refractivity contribution is 5.84. The zero-order valence-corrected chi connectivity index (χ0v) is 11.4.